The monoisotopic (exact) mass is 459 g/mol. The standard InChI is InChI=1S/C26H29N5OS/c1-17-27-23-24(28-21-6-4-5-7-22(21)29-25(23)33-17)31-13-12-30(2)26(16-31)15-19(26)14-18-8-10-20(32-3)11-9-18/h4-11,19,29H,12-16H2,1-3H3/t19-,26?/m1/s1. The number of benzene rings is 2. The minimum Gasteiger partial charge on any atom is -0.497 e. The lowest BCUT2D eigenvalue weighted by atomic mass is 10.0. The Hall–Kier alpha value is -2.90. The number of aryl methyl sites for hydroxylation is 1. The van der Waals surface area contributed by atoms with E-state index < -0.39 is 0 Å². The summed E-state index contributed by atoms with van der Waals surface area (Å²) in [6.45, 7) is 5.05. The summed E-state index contributed by atoms with van der Waals surface area (Å²) in [4.78, 5) is 15.1. The van der Waals surface area contributed by atoms with Gasteiger partial charge in [0, 0.05) is 25.2 Å². The highest BCUT2D eigenvalue weighted by atomic mass is 32.1. The molecule has 1 saturated carbocycles. The smallest absolute Gasteiger partial charge is 0.158 e. The highest BCUT2D eigenvalue weighted by Gasteiger charge is 2.59. The molecule has 1 spiro atoms. The first-order chi connectivity index (χ1) is 16.1. The minimum atomic E-state index is 0.200. The van der Waals surface area contributed by atoms with E-state index in [9.17, 15) is 0 Å². The highest BCUT2D eigenvalue weighted by molar-refractivity contribution is 7.16. The molecular formula is C26H29N5OS. The van der Waals surface area contributed by atoms with Crippen molar-refractivity contribution in [2.24, 2.45) is 10.9 Å². The molecular weight excluding hydrogens is 430 g/mol. The predicted molar refractivity (Wildman–Crippen MR) is 135 cm³/mol. The van der Waals surface area contributed by atoms with Gasteiger partial charge in [-0.1, -0.05) is 24.3 Å². The van der Waals surface area contributed by atoms with E-state index in [4.69, 9.17) is 14.7 Å². The van der Waals surface area contributed by atoms with Crippen molar-refractivity contribution in [3.05, 3.63) is 64.8 Å². The molecule has 170 valence electrons. The van der Waals surface area contributed by atoms with Crippen LogP contribution < -0.4 is 10.1 Å². The van der Waals surface area contributed by atoms with E-state index in [0.717, 1.165) is 64.7 Å². The molecule has 2 atom stereocenters. The first-order valence-electron chi connectivity index (χ1n) is 11.6. The Morgan fingerprint density at radius 3 is 2.79 bits per heavy atom. The number of nitrogens with zero attached hydrogens (tertiary/aromatic N) is 4. The maximum Gasteiger partial charge on any atom is 0.158 e. The Morgan fingerprint density at radius 2 is 1.97 bits per heavy atom. The van der Waals surface area contributed by atoms with Gasteiger partial charge in [-0.25, -0.2) is 9.98 Å². The lowest BCUT2D eigenvalue weighted by molar-refractivity contribution is 0.110. The van der Waals surface area contributed by atoms with E-state index in [1.54, 1.807) is 18.4 Å². The van der Waals surface area contributed by atoms with Crippen LogP contribution in [0, 0.1) is 12.8 Å². The number of likely N-dealkylation sites (N-methyl/N-ethyl adjacent to an activating group) is 1. The zero-order chi connectivity index (χ0) is 22.6. The lowest BCUT2D eigenvalue weighted by Gasteiger charge is -2.42. The van der Waals surface area contributed by atoms with Gasteiger partial charge in [0.2, 0.25) is 0 Å². The van der Waals surface area contributed by atoms with Crippen molar-refractivity contribution in [1.29, 1.82) is 0 Å². The third kappa shape index (κ3) is 3.60. The largest absolute Gasteiger partial charge is 0.497 e. The second kappa shape index (κ2) is 7.85. The number of rotatable bonds is 3. The van der Waals surface area contributed by atoms with Crippen molar-refractivity contribution in [3.8, 4) is 5.75 Å². The molecule has 0 radical (unpaired) electrons. The predicted octanol–water partition coefficient (Wildman–Crippen LogP) is 4.84. The van der Waals surface area contributed by atoms with Gasteiger partial charge in [-0.3, -0.25) is 4.90 Å². The molecule has 6 nitrogen and oxygen atoms in total. The van der Waals surface area contributed by atoms with Crippen LogP contribution in [0.25, 0.3) is 0 Å². The van der Waals surface area contributed by atoms with Gasteiger partial charge in [0.05, 0.1) is 23.5 Å². The summed E-state index contributed by atoms with van der Waals surface area (Å²) in [5.74, 6) is 2.57. The molecule has 1 saturated heterocycles. The van der Waals surface area contributed by atoms with Gasteiger partial charge in [0.15, 0.2) is 5.84 Å². The number of fused-ring (bicyclic) bond motifs is 2. The van der Waals surface area contributed by atoms with Crippen LogP contribution in [0.1, 0.15) is 22.7 Å². The number of para-hydroxylation sites is 2. The molecule has 33 heavy (non-hydrogen) atoms. The average Bonchev–Trinajstić information content (AvgIpc) is 3.42. The lowest BCUT2D eigenvalue weighted by Crippen LogP contribution is -2.56. The van der Waals surface area contributed by atoms with Crippen molar-refractivity contribution in [3.63, 3.8) is 0 Å². The molecule has 6 rings (SSSR count). The third-order valence-electron chi connectivity index (χ3n) is 7.40. The Morgan fingerprint density at radius 1 is 1.15 bits per heavy atom. The molecule has 2 aliphatic heterocycles. The summed E-state index contributed by atoms with van der Waals surface area (Å²) in [7, 11) is 4.01. The molecule has 7 heteroatoms. The van der Waals surface area contributed by atoms with Gasteiger partial charge in [-0.15, -0.1) is 11.3 Å². The van der Waals surface area contributed by atoms with Crippen LogP contribution in [0.15, 0.2) is 53.5 Å². The van der Waals surface area contributed by atoms with Crippen LogP contribution in [-0.2, 0) is 6.42 Å². The Labute approximate surface area is 198 Å². The Kier molecular flexibility index (Phi) is 4.92. The number of piperazine rings is 1. The number of nitrogens with one attached hydrogen (secondary N) is 1. The topological polar surface area (TPSA) is 53.0 Å². The molecule has 0 bridgehead atoms. The number of ether oxygens (including phenoxy) is 1. The number of methoxy groups -OCH3 is 1. The van der Waals surface area contributed by atoms with Crippen LogP contribution >= 0.6 is 11.3 Å². The van der Waals surface area contributed by atoms with Crippen LogP contribution in [0.3, 0.4) is 0 Å². The van der Waals surface area contributed by atoms with Crippen LogP contribution in [0.2, 0.25) is 0 Å². The van der Waals surface area contributed by atoms with Crippen molar-refractivity contribution in [2.45, 2.75) is 25.3 Å². The van der Waals surface area contributed by atoms with Gasteiger partial charge in [-0.05, 0) is 62.6 Å². The molecule has 0 amide bonds. The molecule has 1 aliphatic carbocycles. The van der Waals surface area contributed by atoms with E-state index in [0.29, 0.717) is 5.92 Å². The molecule has 3 aliphatic rings. The fourth-order valence-corrected chi connectivity index (χ4v) is 6.22. The maximum absolute atomic E-state index is 5.33. The van der Waals surface area contributed by atoms with Crippen LogP contribution in [0.4, 0.5) is 16.4 Å². The van der Waals surface area contributed by atoms with E-state index in [-0.39, 0.29) is 5.54 Å². The van der Waals surface area contributed by atoms with E-state index in [1.165, 1.54) is 12.0 Å². The second-order valence-electron chi connectivity index (χ2n) is 9.39. The SMILES string of the molecule is COc1ccc(C[C@@H]2CC23CN(C2=Nc4ccccc4Nc4sc(C)nc42)CCN3C)cc1. The maximum atomic E-state index is 5.33. The average molecular weight is 460 g/mol. The van der Waals surface area contributed by atoms with Gasteiger partial charge >= 0.3 is 0 Å². The van der Waals surface area contributed by atoms with Gasteiger partial charge in [-0.2, -0.15) is 0 Å². The molecule has 1 aromatic heterocycles. The van der Waals surface area contributed by atoms with Gasteiger partial charge < -0.3 is 15.0 Å². The van der Waals surface area contributed by atoms with E-state index in [2.05, 4.69) is 77.6 Å². The first-order valence-corrected chi connectivity index (χ1v) is 12.4. The van der Waals surface area contributed by atoms with Crippen molar-refractivity contribution in [2.75, 3.05) is 39.1 Å². The minimum absolute atomic E-state index is 0.200. The fourth-order valence-electron chi connectivity index (χ4n) is 5.39. The second-order valence-corrected chi connectivity index (χ2v) is 10.6. The van der Waals surface area contributed by atoms with Crippen LogP contribution in [0.5, 0.6) is 5.75 Å². The molecule has 1 unspecified atom stereocenters. The Bertz CT molecular complexity index is 1220. The summed E-state index contributed by atoms with van der Waals surface area (Å²) in [5, 5.41) is 5.74. The van der Waals surface area contributed by atoms with Crippen molar-refractivity contribution >= 4 is 33.5 Å². The summed E-state index contributed by atoms with van der Waals surface area (Å²) < 4.78 is 5.33. The first kappa shape index (κ1) is 20.7. The van der Waals surface area contributed by atoms with E-state index >= 15 is 0 Å². The third-order valence-corrected chi connectivity index (χ3v) is 8.28. The molecule has 2 aromatic carbocycles. The molecule has 1 N–H and O–H groups in total. The number of anilines is 2. The van der Waals surface area contributed by atoms with Crippen LogP contribution in [-0.4, -0.2) is 60.0 Å². The summed E-state index contributed by atoms with van der Waals surface area (Å²) in [6.07, 6.45) is 2.32. The number of amidine groups is 1. The molecule has 3 aromatic rings. The Balaban J connectivity index is 1.29. The summed E-state index contributed by atoms with van der Waals surface area (Å²) in [6, 6.07) is 16.8. The summed E-state index contributed by atoms with van der Waals surface area (Å²) >= 11 is 1.71. The number of hydrogen-bond donors (Lipinski definition) is 1. The molecule has 2 fully saturated rings. The van der Waals surface area contributed by atoms with Crippen molar-refractivity contribution < 1.29 is 4.74 Å². The number of aromatic nitrogens is 1. The summed E-state index contributed by atoms with van der Waals surface area (Å²) in [5.41, 5.74) is 4.59. The molecule has 3 heterocycles. The highest BCUT2D eigenvalue weighted by Crippen LogP contribution is 2.52. The van der Waals surface area contributed by atoms with Crippen molar-refractivity contribution in [1.82, 2.24) is 14.8 Å². The van der Waals surface area contributed by atoms with E-state index in [1.807, 2.05) is 0 Å². The number of hydrogen-bond acceptors (Lipinski definition) is 7. The fraction of sp³-hybridized carbons (Fsp3) is 0.385. The van der Waals surface area contributed by atoms with Gasteiger partial charge in [0.25, 0.3) is 0 Å². The zero-order valence-corrected chi connectivity index (χ0v) is 20.2. The number of aliphatic imine (C=N–C) groups is 1. The quantitative estimate of drug-likeness (QED) is 0.607. The van der Waals surface area contributed by atoms with Gasteiger partial charge in [0.1, 0.15) is 16.4 Å². The zero-order valence-electron chi connectivity index (χ0n) is 19.3. The normalized spacial score (nSPS) is 23.9. The number of thiazole rings is 1.